The lowest BCUT2D eigenvalue weighted by atomic mass is 10.1. The second kappa shape index (κ2) is 27.6. The number of nitrogens with one attached hydrogen (secondary N) is 1. The van der Waals surface area contributed by atoms with Gasteiger partial charge in [-0.3, -0.25) is 19.5 Å². The van der Waals surface area contributed by atoms with E-state index in [0.717, 1.165) is 43.5 Å². The van der Waals surface area contributed by atoms with Gasteiger partial charge in [0.05, 0.1) is 24.4 Å². The van der Waals surface area contributed by atoms with E-state index in [1.54, 1.807) is 54.7 Å². The zero-order valence-electron chi connectivity index (χ0n) is 35.8. The lowest BCUT2D eigenvalue weighted by Gasteiger charge is -2.24. The van der Waals surface area contributed by atoms with Gasteiger partial charge in [-0.05, 0) is 80.6 Å². The number of nitrogens with two attached hydrogens (primary N) is 1. The molecule has 1 aromatic heterocycles. The van der Waals surface area contributed by atoms with E-state index in [1.165, 1.54) is 11.8 Å². The molecule has 0 saturated carbocycles. The van der Waals surface area contributed by atoms with Gasteiger partial charge in [0.25, 0.3) is 5.91 Å². The fourth-order valence-electron chi connectivity index (χ4n) is 5.66. The van der Waals surface area contributed by atoms with Crippen LogP contribution in [0.15, 0.2) is 76.8 Å². The summed E-state index contributed by atoms with van der Waals surface area (Å²) < 4.78 is 20.8. The van der Waals surface area contributed by atoms with Gasteiger partial charge < -0.3 is 34.9 Å². The predicted octanol–water partition coefficient (Wildman–Crippen LogP) is 9.07. The van der Waals surface area contributed by atoms with Gasteiger partial charge in [0.1, 0.15) is 17.8 Å². The standard InChI is InChI=1S/C42H57N7O8.C2H6/c1-7-10-11-14-28-54-41(52)47-39(43)31-17-20-33(21-18-31)45-25-27-48(6)36-22-19-32(29-35(36)44-5)40(51)49(37-16-12-13-24-46-37)26-23-38(50)55-30(4)56-42(53)57-34(9-3)15-8-2;1-2/h12-13,16-22,24,29-30,34,45H,5,7-11,14-15,23,25-28H2,1-4,6H3,(H2,43,47,52);1-2H3. The highest BCUT2D eigenvalue weighted by Gasteiger charge is 2.24. The van der Waals surface area contributed by atoms with Gasteiger partial charge in [0, 0.05) is 56.6 Å². The van der Waals surface area contributed by atoms with E-state index in [9.17, 15) is 19.2 Å². The summed E-state index contributed by atoms with van der Waals surface area (Å²) in [5, 5.41) is 3.36. The first-order valence-electron chi connectivity index (χ1n) is 20.5. The van der Waals surface area contributed by atoms with Crippen LogP contribution < -0.4 is 20.9 Å². The minimum absolute atomic E-state index is 0.0590. The predicted molar refractivity (Wildman–Crippen MR) is 234 cm³/mol. The van der Waals surface area contributed by atoms with Crippen LogP contribution in [0.3, 0.4) is 0 Å². The molecule has 0 bridgehead atoms. The highest BCUT2D eigenvalue weighted by molar-refractivity contribution is 6.07. The molecule has 15 heteroatoms. The van der Waals surface area contributed by atoms with Crippen LogP contribution in [0.25, 0.3) is 0 Å². The Kier molecular flexibility index (Phi) is 23.0. The van der Waals surface area contributed by atoms with Crippen LogP contribution in [-0.4, -0.2) is 87.3 Å². The molecule has 0 aliphatic carbocycles. The Morgan fingerprint density at radius 1 is 0.898 bits per heavy atom. The molecule has 3 rings (SSSR count). The Morgan fingerprint density at radius 2 is 1.63 bits per heavy atom. The van der Waals surface area contributed by atoms with E-state index in [4.69, 9.17) is 24.7 Å². The lowest BCUT2D eigenvalue weighted by molar-refractivity contribution is -0.168. The summed E-state index contributed by atoms with van der Waals surface area (Å²) >= 11 is 0. The number of pyridine rings is 1. The highest BCUT2D eigenvalue weighted by atomic mass is 16.8. The molecule has 0 radical (unpaired) electrons. The van der Waals surface area contributed by atoms with Crippen molar-refractivity contribution in [3.8, 4) is 0 Å². The SMILES string of the molecule is C=Nc1cc(C(=O)N(CCC(=O)OC(C)OC(=O)OC(CC)CCC)c2ccccn2)ccc1N(C)CCNc1ccc(/C(N)=N/C(=O)OCCCCCC)cc1.CC. The number of esters is 1. The largest absolute Gasteiger partial charge is 0.511 e. The van der Waals surface area contributed by atoms with E-state index < -0.39 is 30.4 Å². The monoisotopic (exact) mass is 817 g/mol. The molecule has 2 atom stereocenters. The molecular weight excluding hydrogens is 755 g/mol. The zero-order chi connectivity index (χ0) is 43.6. The van der Waals surface area contributed by atoms with Crippen LogP contribution in [0.1, 0.15) is 109 Å². The van der Waals surface area contributed by atoms with Crippen molar-refractivity contribution in [2.24, 2.45) is 15.7 Å². The first-order valence-corrected chi connectivity index (χ1v) is 20.5. The van der Waals surface area contributed by atoms with Crippen molar-refractivity contribution >= 4 is 59.6 Å². The number of anilines is 3. The van der Waals surface area contributed by atoms with Crippen LogP contribution in [-0.2, 0) is 23.7 Å². The molecule has 0 aliphatic rings. The highest BCUT2D eigenvalue weighted by Crippen LogP contribution is 2.30. The van der Waals surface area contributed by atoms with Gasteiger partial charge in [-0.2, -0.15) is 4.99 Å². The van der Waals surface area contributed by atoms with Gasteiger partial charge in [-0.1, -0.05) is 66.4 Å². The van der Waals surface area contributed by atoms with E-state index in [2.05, 4.69) is 33.9 Å². The molecule has 0 saturated heterocycles. The number of unbranched alkanes of at least 4 members (excludes halogenated alkanes) is 3. The van der Waals surface area contributed by atoms with Gasteiger partial charge in [-0.15, -0.1) is 0 Å². The number of hydrogen-bond acceptors (Lipinski definition) is 12. The Balaban J connectivity index is 0.00000590. The molecule has 2 unspecified atom stereocenters. The Labute approximate surface area is 349 Å². The Bertz CT molecular complexity index is 1770. The van der Waals surface area contributed by atoms with Crippen LogP contribution in [0, 0.1) is 0 Å². The first kappa shape index (κ1) is 49.2. The van der Waals surface area contributed by atoms with Crippen molar-refractivity contribution in [1.82, 2.24) is 4.98 Å². The third-order valence-electron chi connectivity index (χ3n) is 8.80. The minimum atomic E-state index is -1.18. The summed E-state index contributed by atoms with van der Waals surface area (Å²) in [6, 6.07) is 17.5. The molecule has 0 spiro atoms. The summed E-state index contributed by atoms with van der Waals surface area (Å²) in [6.07, 6.45) is 4.47. The van der Waals surface area contributed by atoms with Crippen molar-refractivity contribution in [2.75, 3.05) is 48.4 Å². The summed E-state index contributed by atoms with van der Waals surface area (Å²) in [4.78, 5) is 66.6. The zero-order valence-corrected chi connectivity index (χ0v) is 35.8. The first-order chi connectivity index (χ1) is 28.5. The third-order valence-corrected chi connectivity index (χ3v) is 8.80. The summed E-state index contributed by atoms with van der Waals surface area (Å²) in [6.45, 7) is 16.6. The van der Waals surface area contributed by atoms with Crippen LogP contribution in [0.2, 0.25) is 0 Å². The number of rotatable bonds is 23. The van der Waals surface area contributed by atoms with E-state index in [1.807, 2.05) is 51.8 Å². The second-order valence-electron chi connectivity index (χ2n) is 13.2. The van der Waals surface area contributed by atoms with Gasteiger partial charge in [0.2, 0.25) is 6.29 Å². The maximum Gasteiger partial charge on any atom is 0.511 e. The molecule has 3 aromatic rings. The molecule has 322 valence electrons. The smallest absolute Gasteiger partial charge is 0.448 e. The number of benzene rings is 2. The van der Waals surface area contributed by atoms with E-state index >= 15 is 0 Å². The van der Waals surface area contributed by atoms with Crippen molar-refractivity contribution in [2.45, 2.75) is 105 Å². The number of likely N-dealkylation sites (N-methyl/N-ethyl adjacent to an activating group) is 1. The summed E-state index contributed by atoms with van der Waals surface area (Å²) in [5.74, 6) is -0.669. The van der Waals surface area contributed by atoms with Crippen molar-refractivity contribution < 1.29 is 38.1 Å². The normalized spacial score (nSPS) is 11.8. The average molecular weight is 818 g/mol. The maximum atomic E-state index is 13.9. The molecule has 1 heterocycles. The average Bonchev–Trinajstić information content (AvgIpc) is 3.24. The molecule has 3 N–H and O–H groups in total. The van der Waals surface area contributed by atoms with E-state index in [0.29, 0.717) is 55.2 Å². The van der Waals surface area contributed by atoms with E-state index in [-0.39, 0.29) is 24.9 Å². The quantitative estimate of drug-likeness (QED) is 0.0231. The molecule has 0 fully saturated rings. The topological polar surface area (TPSA) is 187 Å². The van der Waals surface area contributed by atoms with Crippen LogP contribution >= 0.6 is 0 Å². The van der Waals surface area contributed by atoms with Crippen LogP contribution in [0.4, 0.5) is 32.5 Å². The fraction of sp³-hybridized carbons (Fsp3) is 0.477. The number of ether oxygens (including phenoxy) is 4. The number of hydrogen-bond donors (Lipinski definition) is 2. The summed E-state index contributed by atoms with van der Waals surface area (Å²) in [5.41, 5.74) is 9.03. The van der Waals surface area contributed by atoms with Crippen molar-refractivity contribution in [3.63, 3.8) is 0 Å². The van der Waals surface area contributed by atoms with Crippen molar-refractivity contribution in [3.05, 3.63) is 78.0 Å². The molecule has 0 aliphatic heterocycles. The van der Waals surface area contributed by atoms with Gasteiger partial charge >= 0.3 is 18.2 Å². The number of carbonyl (C=O) groups is 4. The number of amidine groups is 1. The van der Waals surface area contributed by atoms with Gasteiger partial charge in [-0.25, -0.2) is 14.6 Å². The third kappa shape index (κ3) is 17.6. The Morgan fingerprint density at radius 3 is 2.27 bits per heavy atom. The number of carbonyl (C=O) groups excluding carboxylic acids is 4. The Hall–Kier alpha value is -5.99. The molecule has 15 nitrogen and oxygen atoms in total. The van der Waals surface area contributed by atoms with Crippen LogP contribution in [0.5, 0.6) is 0 Å². The number of aliphatic imine (C=N–C) groups is 2. The molecule has 2 aromatic carbocycles. The minimum Gasteiger partial charge on any atom is -0.448 e. The van der Waals surface area contributed by atoms with Gasteiger partial charge in [0.15, 0.2) is 0 Å². The second-order valence-corrected chi connectivity index (χ2v) is 13.2. The summed E-state index contributed by atoms with van der Waals surface area (Å²) in [7, 11) is 1.90. The lowest BCUT2D eigenvalue weighted by Crippen LogP contribution is -2.34. The fourth-order valence-corrected chi connectivity index (χ4v) is 5.66. The number of amides is 2. The molecule has 59 heavy (non-hydrogen) atoms. The van der Waals surface area contributed by atoms with Crippen molar-refractivity contribution in [1.29, 1.82) is 0 Å². The maximum absolute atomic E-state index is 13.9. The number of nitrogens with zero attached hydrogens (tertiary/aromatic N) is 5. The number of aromatic nitrogens is 1. The molecule has 2 amide bonds. The molecular formula is C44H63N7O8.